The van der Waals surface area contributed by atoms with Crippen LogP contribution in [0.15, 0.2) is 11.0 Å². The summed E-state index contributed by atoms with van der Waals surface area (Å²) in [6.07, 6.45) is 0. The first kappa shape index (κ1) is 7.56. The van der Waals surface area contributed by atoms with Crippen LogP contribution in [0.5, 0.6) is 0 Å². The summed E-state index contributed by atoms with van der Waals surface area (Å²) in [6, 6.07) is 1.46. The average Bonchev–Trinajstić information content (AvgIpc) is 2.13. The number of hydrogen-bond acceptors (Lipinski definition) is 4. The number of thiophene rings is 1. The summed E-state index contributed by atoms with van der Waals surface area (Å²) in [6.45, 7) is 1.81. The number of hydrogen-bond donors (Lipinski definition) is 1. The molecule has 0 saturated heterocycles. The minimum absolute atomic E-state index is 0.155. The van der Waals surface area contributed by atoms with Gasteiger partial charge in [0.15, 0.2) is 0 Å². The molecule has 0 fully saturated rings. The van der Waals surface area contributed by atoms with Crippen molar-refractivity contribution in [2.45, 2.75) is 11.8 Å². The van der Waals surface area contributed by atoms with Gasteiger partial charge in [0.1, 0.15) is 0 Å². The first-order chi connectivity index (χ1) is 4.61. The quantitative estimate of drug-likeness (QED) is 0.404. The Kier molecular flexibility index (Phi) is 1.96. The van der Waals surface area contributed by atoms with Gasteiger partial charge in [-0.3, -0.25) is 10.1 Å². The normalized spacial score (nSPS) is 9.80. The molecule has 10 heavy (non-hydrogen) atoms. The maximum absolute atomic E-state index is 10.1. The van der Waals surface area contributed by atoms with Crippen molar-refractivity contribution in [2.75, 3.05) is 0 Å². The molecule has 0 aromatic carbocycles. The zero-order chi connectivity index (χ0) is 7.72. The minimum atomic E-state index is -0.405. The van der Waals surface area contributed by atoms with Crippen molar-refractivity contribution in [3.8, 4) is 0 Å². The van der Waals surface area contributed by atoms with E-state index in [9.17, 15) is 10.1 Å². The van der Waals surface area contributed by atoms with E-state index in [0.29, 0.717) is 4.90 Å². The smallest absolute Gasteiger partial charge is 0.258 e. The lowest BCUT2D eigenvalue weighted by molar-refractivity contribution is -0.380. The van der Waals surface area contributed by atoms with Crippen LogP contribution in [0.2, 0.25) is 0 Å². The summed E-state index contributed by atoms with van der Waals surface area (Å²) < 4.78 is 0. The van der Waals surface area contributed by atoms with Gasteiger partial charge in [-0.1, -0.05) is 11.3 Å². The van der Waals surface area contributed by atoms with E-state index in [-0.39, 0.29) is 5.00 Å². The van der Waals surface area contributed by atoms with E-state index in [4.69, 9.17) is 0 Å². The molecule has 1 rings (SSSR count). The van der Waals surface area contributed by atoms with Gasteiger partial charge in [0.25, 0.3) is 0 Å². The topological polar surface area (TPSA) is 43.1 Å². The molecular formula is C5H5NO2S2. The first-order valence-electron chi connectivity index (χ1n) is 2.55. The number of rotatable bonds is 1. The van der Waals surface area contributed by atoms with Crippen LogP contribution < -0.4 is 0 Å². The van der Waals surface area contributed by atoms with Gasteiger partial charge >= 0.3 is 5.00 Å². The molecule has 0 aliphatic carbocycles. The number of aryl methyl sites for hydroxylation is 1. The van der Waals surface area contributed by atoms with Crippen molar-refractivity contribution in [1.29, 1.82) is 0 Å². The fraction of sp³-hybridized carbons (Fsp3) is 0.200. The Morgan fingerprint density at radius 1 is 1.80 bits per heavy atom. The third kappa shape index (κ3) is 1.30. The molecule has 1 aromatic rings. The maximum atomic E-state index is 10.1. The average molecular weight is 175 g/mol. The number of nitrogens with zero attached hydrogens (tertiary/aromatic N) is 1. The monoisotopic (exact) mass is 175 g/mol. The summed E-state index contributed by atoms with van der Waals surface area (Å²) in [4.78, 5) is 11.3. The third-order valence-electron chi connectivity index (χ3n) is 1.06. The lowest BCUT2D eigenvalue weighted by Crippen LogP contribution is -1.80. The van der Waals surface area contributed by atoms with Gasteiger partial charge in [-0.15, -0.1) is 12.6 Å². The summed E-state index contributed by atoms with van der Waals surface area (Å²) in [5.74, 6) is 0. The second kappa shape index (κ2) is 2.59. The highest BCUT2D eigenvalue weighted by Crippen LogP contribution is 2.29. The first-order valence-corrected chi connectivity index (χ1v) is 3.81. The van der Waals surface area contributed by atoms with E-state index >= 15 is 0 Å². The highest BCUT2D eigenvalue weighted by molar-refractivity contribution is 7.80. The van der Waals surface area contributed by atoms with Crippen molar-refractivity contribution in [3.63, 3.8) is 0 Å². The molecule has 54 valence electrons. The molecule has 5 heteroatoms. The maximum Gasteiger partial charge on any atom is 0.325 e. The molecule has 0 atom stereocenters. The van der Waals surface area contributed by atoms with Crippen LogP contribution in [0.25, 0.3) is 0 Å². The zero-order valence-electron chi connectivity index (χ0n) is 5.20. The Labute approximate surface area is 67.2 Å². The highest BCUT2D eigenvalue weighted by atomic mass is 32.1. The fourth-order valence-electron chi connectivity index (χ4n) is 0.547. The third-order valence-corrected chi connectivity index (χ3v) is 2.68. The molecule has 0 saturated carbocycles. The second-order valence-electron chi connectivity index (χ2n) is 1.78. The largest absolute Gasteiger partial charge is 0.325 e. The molecule has 0 aliphatic heterocycles. The molecule has 1 aromatic heterocycles. The summed E-state index contributed by atoms with van der Waals surface area (Å²) in [5.41, 5.74) is 0. The number of nitro groups is 1. The Morgan fingerprint density at radius 2 is 2.40 bits per heavy atom. The van der Waals surface area contributed by atoms with Crippen molar-refractivity contribution < 1.29 is 4.92 Å². The molecule has 0 aliphatic rings. The van der Waals surface area contributed by atoms with Crippen LogP contribution in [0.4, 0.5) is 5.00 Å². The molecule has 0 unspecified atom stereocenters. The lowest BCUT2D eigenvalue weighted by atomic mass is 10.5. The summed E-state index contributed by atoms with van der Waals surface area (Å²) in [7, 11) is 0. The van der Waals surface area contributed by atoms with Gasteiger partial charge in [-0.2, -0.15) is 0 Å². The van der Waals surface area contributed by atoms with Gasteiger partial charge in [-0.05, 0) is 6.92 Å². The van der Waals surface area contributed by atoms with Crippen LogP contribution in [0.1, 0.15) is 4.88 Å². The molecule has 0 N–H and O–H groups in total. The number of thiol groups is 1. The SMILES string of the molecule is Cc1sc([N+](=O)[O-])cc1S. The van der Waals surface area contributed by atoms with E-state index in [1.807, 2.05) is 0 Å². The van der Waals surface area contributed by atoms with Gasteiger partial charge < -0.3 is 0 Å². The van der Waals surface area contributed by atoms with E-state index < -0.39 is 4.92 Å². The Balaban J connectivity index is 3.10. The van der Waals surface area contributed by atoms with Gasteiger partial charge in [0, 0.05) is 15.8 Å². The molecule has 0 amide bonds. The van der Waals surface area contributed by atoms with Crippen LogP contribution in [0, 0.1) is 17.0 Å². The molecule has 1 heterocycles. The highest BCUT2D eigenvalue weighted by Gasteiger charge is 2.10. The van der Waals surface area contributed by atoms with E-state index in [1.54, 1.807) is 6.92 Å². The fourth-order valence-corrected chi connectivity index (χ4v) is 1.62. The Morgan fingerprint density at radius 3 is 2.60 bits per heavy atom. The Bertz CT molecular complexity index is 249. The predicted octanol–water partition coefficient (Wildman–Crippen LogP) is 2.25. The summed E-state index contributed by atoms with van der Waals surface area (Å²) in [5, 5.41) is 10.3. The Hall–Kier alpha value is -0.550. The molecular weight excluding hydrogens is 170 g/mol. The van der Waals surface area contributed by atoms with Crippen molar-refractivity contribution >= 4 is 29.0 Å². The van der Waals surface area contributed by atoms with Crippen LogP contribution in [-0.2, 0) is 0 Å². The van der Waals surface area contributed by atoms with Crippen LogP contribution in [0.3, 0.4) is 0 Å². The standard InChI is InChI=1S/C5H5NO2S2/c1-3-4(9)2-5(10-3)6(7)8/h2,9H,1H3. The molecule has 0 bridgehead atoms. The molecule has 3 nitrogen and oxygen atoms in total. The second-order valence-corrected chi connectivity index (χ2v) is 3.50. The van der Waals surface area contributed by atoms with Crippen molar-refractivity contribution in [3.05, 3.63) is 21.1 Å². The van der Waals surface area contributed by atoms with Crippen LogP contribution >= 0.6 is 24.0 Å². The van der Waals surface area contributed by atoms with Crippen LogP contribution in [-0.4, -0.2) is 4.92 Å². The molecule has 0 spiro atoms. The van der Waals surface area contributed by atoms with Gasteiger partial charge in [0.05, 0.1) is 4.92 Å². The van der Waals surface area contributed by atoms with E-state index in [0.717, 1.165) is 16.2 Å². The lowest BCUT2D eigenvalue weighted by Gasteiger charge is -1.78. The van der Waals surface area contributed by atoms with E-state index in [1.165, 1.54) is 6.07 Å². The van der Waals surface area contributed by atoms with Gasteiger partial charge in [0.2, 0.25) is 0 Å². The minimum Gasteiger partial charge on any atom is -0.258 e. The van der Waals surface area contributed by atoms with Crippen molar-refractivity contribution in [2.24, 2.45) is 0 Å². The zero-order valence-corrected chi connectivity index (χ0v) is 6.91. The van der Waals surface area contributed by atoms with E-state index in [2.05, 4.69) is 12.6 Å². The predicted molar refractivity (Wildman–Crippen MR) is 43.0 cm³/mol. The van der Waals surface area contributed by atoms with Crippen molar-refractivity contribution in [1.82, 2.24) is 0 Å². The summed E-state index contributed by atoms with van der Waals surface area (Å²) >= 11 is 5.17. The van der Waals surface area contributed by atoms with Gasteiger partial charge in [-0.25, -0.2) is 0 Å². The molecule has 0 radical (unpaired) electrons.